The molecule has 2 aromatic rings. The number of benzene rings is 2. The van der Waals surface area contributed by atoms with E-state index in [0.29, 0.717) is 5.08 Å². The lowest BCUT2D eigenvalue weighted by molar-refractivity contribution is 0.694. The van der Waals surface area contributed by atoms with Crippen LogP contribution in [0.3, 0.4) is 0 Å². The van der Waals surface area contributed by atoms with E-state index in [4.69, 9.17) is 0 Å². The summed E-state index contributed by atoms with van der Waals surface area (Å²) in [6.45, 7) is 0. The van der Waals surface area contributed by atoms with E-state index in [1.165, 1.54) is 10.8 Å². The molecule has 2 aromatic carbocycles. The summed E-state index contributed by atoms with van der Waals surface area (Å²) >= 11 is 1.63. The molecule has 0 amide bonds. The molecule has 0 spiro atoms. The van der Waals surface area contributed by atoms with E-state index < -0.39 is 9.83 Å². The van der Waals surface area contributed by atoms with E-state index in [9.17, 15) is 4.21 Å². The third-order valence-corrected chi connectivity index (χ3v) is 6.50. The van der Waals surface area contributed by atoms with E-state index in [2.05, 4.69) is 0 Å². The number of hydrogen-bond donors (Lipinski definition) is 0. The Morgan fingerprint density at radius 3 is 1.94 bits per heavy atom. The highest BCUT2D eigenvalue weighted by molar-refractivity contribution is 8.70. The first-order valence-electron chi connectivity index (χ1n) is 5.14. The monoisotopic (exact) mass is 280 g/mol. The van der Waals surface area contributed by atoms with Crippen molar-refractivity contribution in [2.75, 3.05) is 5.08 Å². The summed E-state index contributed by atoms with van der Waals surface area (Å²) in [5.41, 5.74) is 0. The van der Waals surface area contributed by atoms with Crippen LogP contribution in [0.1, 0.15) is 0 Å². The van der Waals surface area contributed by atoms with Crippen molar-refractivity contribution in [3.63, 3.8) is 0 Å². The molecule has 0 heterocycles. The van der Waals surface area contributed by atoms with E-state index >= 15 is 0 Å². The average molecular weight is 280 g/mol. The summed E-state index contributed by atoms with van der Waals surface area (Å²) in [5, 5.41) is 0.615. The Morgan fingerprint density at radius 2 is 1.35 bits per heavy atom. The topological polar surface area (TPSA) is 17.1 Å². The van der Waals surface area contributed by atoms with Gasteiger partial charge in [-0.15, -0.1) is 11.8 Å². The average Bonchev–Trinajstić information content (AvgIpc) is 2.39. The zero-order valence-electron chi connectivity index (χ0n) is 9.11. The lowest BCUT2D eigenvalue weighted by Gasteiger charge is -2.01. The van der Waals surface area contributed by atoms with Crippen molar-refractivity contribution in [2.24, 2.45) is 0 Å². The zero-order chi connectivity index (χ0) is 11.9. The zero-order valence-corrected chi connectivity index (χ0v) is 11.6. The molecule has 0 radical (unpaired) electrons. The van der Waals surface area contributed by atoms with Crippen LogP contribution < -0.4 is 0 Å². The van der Waals surface area contributed by atoms with Crippen molar-refractivity contribution < 1.29 is 4.21 Å². The van der Waals surface area contributed by atoms with Crippen molar-refractivity contribution in [1.82, 2.24) is 0 Å². The first-order valence-corrected chi connectivity index (χ1v) is 8.78. The Hall–Kier alpha value is -0.710. The Labute approximate surface area is 112 Å². The molecule has 0 aliphatic rings. The lowest BCUT2D eigenvalue weighted by atomic mass is 10.4. The van der Waals surface area contributed by atoms with Crippen molar-refractivity contribution in [2.45, 2.75) is 9.79 Å². The van der Waals surface area contributed by atoms with Crippen LogP contribution in [0.25, 0.3) is 0 Å². The summed E-state index contributed by atoms with van der Waals surface area (Å²) in [6, 6.07) is 19.9. The van der Waals surface area contributed by atoms with Gasteiger partial charge < -0.3 is 0 Å². The molecule has 1 nitrogen and oxygen atoms in total. The second kappa shape index (κ2) is 6.89. The third kappa shape index (κ3) is 4.58. The van der Waals surface area contributed by atoms with Gasteiger partial charge in [0.2, 0.25) is 0 Å². The van der Waals surface area contributed by atoms with Crippen LogP contribution in [0.5, 0.6) is 0 Å². The highest BCUT2D eigenvalue weighted by Crippen LogP contribution is 2.26. The molecule has 0 saturated heterocycles. The fourth-order valence-electron chi connectivity index (χ4n) is 1.24. The molecule has 0 bridgehead atoms. The minimum Gasteiger partial charge on any atom is -0.247 e. The van der Waals surface area contributed by atoms with Crippen molar-refractivity contribution in [3.05, 3.63) is 60.7 Å². The molecule has 0 N–H and O–H groups in total. The van der Waals surface area contributed by atoms with Gasteiger partial charge >= 0.3 is 0 Å². The minimum absolute atomic E-state index is 0.615. The lowest BCUT2D eigenvalue weighted by Crippen LogP contribution is -1.86. The van der Waals surface area contributed by atoms with Crippen molar-refractivity contribution in [1.29, 1.82) is 0 Å². The van der Waals surface area contributed by atoms with Crippen LogP contribution in [0.2, 0.25) is 0 Å². The van der Waals surface area contributed by atoms with Gasteiger partial charge in [-0.3, -0.25) is 0 Å². The van der Waals surface area contributed by atoms with Crippen LogP contribution in [0.4, 0.5) is 0 Å². The highest BCUT2D eigenvalue weighted by Gasteiger charge is 2.03. The number of thioether (sulfide) groups is 1. The molecular formula is C13H12OS3. The first kappa shape index (κ1) is 12.7. The van der Waals surface area contributed by atoms with E-state index in [0.717, 1.165) is 9.79 Å². The quantitative estimate of drug-likeness (QED) is 0.604. The largest absolute Gasteiger partial charge is 0.247 e. The molecule has 0 aliphatic heterocycles. The minimum atomic E-state index is -0.892. The second-order valence-electron chi connectivity index (χ2n) is 3.28. The Bertz CT molecular complexity index is 471. The standard InChI is InChI=1S/C13H12OS3/c14-17(16-13-9-5-2-6-10-13)11-15-12-7-3-1-4-8-12/h1-10H,11H2. The van der Waals surface area contributed by atoms with E-state index in [1.54, 1.807) is 11.8 Å². The molecule has 2 rings (SSSR count). The molecule has 17 heavy (non-hydrogen) atoms. The fourth-order valence-corrected chi connectivity index (χ4v) is 5.04. The molecule has 0 aliphatic carbocycles. The van der Waals surface area contributed by atoms with Crippen LogP contribution in [0, 0.1) is 0 Å². The van der Waals surface area contributed by atoms with Crippen molar-refractivity contribution >= 4 is 32.4 Å². The fraction of sp³-hybridized carbons (Fsp3) is 0.0769. The van der Waals surface area contributed by atoms with Gasteiger partial charge in [-0.25, -0.2) is 4.21 Å². The van der Waals surface area contributed by atoms with Gasteiger partial charge in [0.25, 0.3) is 0 Å². The summed E-state index contributed by atoms with van der Waals surface area (Å²) in [6.07, 6.45) is 0. The maximum absolute atomic E-state index is 11.8. The van der Waals surface area contributed by atoms with Crippen LogP contribution in [-0.2, 0) is 9.83 Å². The van der Waals surface area contributed by atoms with Gasteiger partial charge in [-0.05, 0) is 35.1 Å². The van der Waals surface area contributed by atoms with Gasteiger partial charge in [0.05, 0.1) is 14.9 Å². The Morgan fingerprint density at radius 1 is 0.824 bits per heavy atom. The Balaban J connectivity index is 1.83. The molecule has 0 saturated carbocycles. The third-order valence-electron chi connectivity index (χ3n) is 2.00. The van der Waals surface area contributed by atoms with Crippen LogP contribution in [-0.4, -0.2) is 9.29 Å². The van der Waals surface area contributed by atoms with E-state index in [-0.39, 0.29) is 0 Å². The maximum atomic E-state index is 11.8. The molecule has 1 unspecified atom stereocenters. The maximum Gasteiger partial charge on any atom is 0.0957 e. The van der Waals surface area contributed by atoms with Crippen LogP contribution in [0.15, 0.2) is 70.5 Å². The normalized spacial score (nSPS) is 12.2. The molecule has 4 heteroatoms. The smallest absolute Gasteiger partial charge is 0.0957 e. The van der Waals surface area contributed by atoms with Gasteiger partial charge in [0.1, 0.15) is 0 Å². The Kier molecular flexibility index (Phi) is 5.16. The summed E-state index contributed by atoms with van der Waals surface area (Å²) in [5.74, 6) is 0. The summed E-state index contributed by atoms with van der Waals surface area (Å²) < 4.78 is 11.8. The SMILES string of the molecule is O=S(CSc1ccccc1)Sc1ccccc1. The van der Waals surface area contributed by atoms with Gasteiger partial charge in [0, 0.05) is 9.79 Å². The predicted molar refractivity (Wildman–Crippen MR) is 77.6 cm³/mol. The van der Waals surface area contributed by atoms with Crippen LogP contribution >= 0.6 is 22.6 Å². The molecule has 0 fully saturated rings. The number of rotatable bonds is 5. The number of hydrogen-bond acceptors (Lipinski definition) is 3. The predicted octanol–water partition coefficient (Wildman–Crippen LogP) is 4.19. The molecule has 0 aromatic heterocycles. The summed E-state index contributed by atoms with van der Waals surface area (Å²) in [7, 11) is 0.522. The second-order valence-corrected chi connectivity index (χ2v) is 7.84. The molecule has 88 valence electrons. The van der Waals surface area contributed by atoms with Gasteiger partial charge in [-0.1, -0.05) is 36.4 Å². The van der Waals surface area contributed by atoms with Crippen molar-refractivity contribution in [3.8, 4) is 0 Å². The van der Waals surface area contributed by atoms with Gasteiger partial charge in [-0.2, -0.15) is 0 Å². The first-order chi connectivity index (χ1) is 8.34. The van der Waals surface area contributed by atoms with E-state index in [1.807, 2.05) is 60.7 Å². The van der Waals surface area contributed by atoms with Gasteiger partial charge in [0.15, 0.2) is 0 Å². The molecule has 1 atom stereocenters. The summed E-state index contributed by atoms with van der Waals surface area (Å²) in [4.78, 5) is 2.22. The highest BCUT2D eigenvalue weighted by atomic mass is 33.1. The molecular weight excluding hydrogens is 268 g/mol.